The number of amides is 2. The fourth-order valence-electron chi connectivity index (χ4n) is 6.36. The van der Waals surface area contributed by atoms with Crippen molar-refractivity contribution >= 4 is 36.0 Å². The third-order valence-corrected chi connectivity index (χ3v) is 7.33. The van der Waals surface area contributed by atoms with Crippen LogP contribution in [0.1, 0.15) is 50.0 Å². The zero-order valence-electron chi connectivity index (χ0n) is 18.9. The molecule has 4 bridgehead atoms. The summed E-state index contributed by atoms with van der Waals surface area (Å²) in [5, 5.41) is 29.3. The Morgan fingerprint density at radius 1 is 0.833 bits per heavy atom. The van der Waals surface area contributed by atoms with Gasteiger partial charge >= 0.3 is 11.8 Å². The number of furan rings is 2. The number of hydrogen-bond acceptors (Lipinski definition) is 10. The van der Waals surface area contributed by atoms with Gasteiger partial charge < -0.3 is 8.83 Å². The molecule has 0 radical (unpaired) electrons. The number of carbonyl (C=O) groups is 2. The maximum atomic E-state index is 13.2. The van der Waals surface area contributed by atoms with Crippen LogP contribution < -0.4 is 10.9 Å². The molecule has 4 fully saturated rings. The standard InChI is InChI=1S/C22H22N6O8/c29-19(25-23-10-15-1-3-17(35-15)27(31)32)21-6-13-5-14(7-21)9-22(8-13,12-21)20(30)26-24-11-16-2-4-18(36-16)28(33)34/h1-4,10-11,13-14H,5-9,12H2,(H,25,29)(H,26,30)/b23-10+,24-11+. The minimum absolute atomic E-state index is 0.128. The fourth-order valence-corrected chi connectivity index (χ4v) is 6.36. The molecule has 2 aromatic rings. The maximum Gasteiger partial charge on any atom is 0.433 e. The number of carbonyl (C=O) groups excluding carboxylic acids is 2. The number of rotatable bonds is 8. The van der Waals surface area contributed by atoms with Crippen LogP contribution in [-0.2, 0) is 9.59 Å². The Bertz CT molecular complexity index is 1180. The minimum atomic E-state index is -0.751. The van der Waals surface area contributed by atoms with E-state index in [1.807, 2.05) is 0 Å². The van der Waals surface area contributed by atoms with Crippen LogP contribution >= 0.6 is 0 Å². The van der Waals surface area contributed by atoms with E-state index in [0.29, 0.717) is 32.1 Å². The molecule has 0 saturated heterocycles. The van der Waals surface area contributed by atoms with Gasteiger partial charge in [0.15, 0.2) is 11.5 Å². The molecule has 36 heavy (non-hydrogen) atoms. The second kappa shape index (κ2) is 8.70. The highest BCUT2D eigenvalue weighted by atomic mass is 16.7. The molecular formula is C22H22N6O8. The van der Waals surface area contributed by atoms with Crippen LogP contribution in [0, 0.1) is 42.9 Å². The van der Waals surface area contributed by atoms with Crippen molar-refractivity contribution in [1.82, 2.24) is 10.9 Å². The summed E-state index contributed by atoms with van der Waals surface area (Å²) >= 11 is 0. The molecule has 188 valence electrons. The largest absolute Gasteiger partial charge is 0.433 e. The van der Waals surface area contributed by atoms with Crippen molar-refractivity contribution in [1.29, 1.82) is 0 Å². The smallest absolute Gasteiger partial charge is 0.400 e. The van der Waals surface area contributed by atoms with Crippen LogP contribution in [0.15, 0.2) is 43.3 Å². The first-order chi connectivity index (χ1) is 17.2. The van der Waals surface area contributed by atoms with Gasteiger partial charge in [-0.2, -0.15) is 10.2 Å². The Kier molecular flexibility index (Phi) is 5.65. The topological polar surface area (TPSA) is 195 Å². The SMILES string of the molecule is O=C(N/N=C/c1ccc([N+](=O)[O-])o1)C12CC3CC(C1)CC(C(=O)N/N=C/c1ccc([N+](=O)[O-])o1)(C3)C2. The molecule has 4 saturated carbocycles. The van der Waals surface area contributed by atoms with Crippen LogP contribution in [0.5, 0.6) is 0 Å². The van der Waals surface area contributed by atoms with Crippen molar-refractivity contribution in [3.05, 3.63) is 56.0 Å². The van der Waals surface area contributed by atoms with E-state index < -0.39 is 32.4 Å². The van der Waals surface area contributed by atoms with E-state index in [2.05, 4.69) is 21.1 Å². The Hall–Kier alpha value is -4.36. The van der Waals surface area contributed by atoms with Crippen molar-refractivity contribution < 1.29 is 28.3 Å². The Morgan fingerprint density at radius 3 is 1.61 bits per heavy atom. The van der Waals surface area contributed by atoms with Crippen LogP contribution in [0.25, 0.3) is 0 Å². The molecule has 0 atom stereocenters. The summed E-state index contributed by atoms with van der Waals surface area (Å²) in [5.74, 6) is -0.747. The number of nitrogens with one attached hydrogen (secondary N) is 2. The Balaban J connectivity index is 1.26. The molecule has 14 nitrogen and oxygen atoms in total. The third-order valence-electron chi connectivity index (χ3n) is 7.33. The molecule has 0 aromatic carbocycles. The lowest BCUT2D eigenvalue weighted by atomic mass is 9.43. The molecular weight excluding hydrogens is 476 g/mol. The monoisotopic (exact) mass is 498 g/mol. The first-order valence-corrected chi connectivity index (χ1v) is 11.3. The summed E-state index contributed by atoms with van der Waals surface area (Å²) in [6.45, 7) is 0. The van der Waals surface area contributed by atoms with Gasteiger partial charge in [0.05, 0.1) is 35.4 Å². The van der Waals surface area contributed by atoms with Crippen molar-refractivity contribution in [2.24, 2.45) is 32.9 Å². The van der Waals surface area contributed by atoms with Gasteiger partial charge in [-0.1, -0.05) is 0 Å². The molecule has 2 amide bonds. The van der Waals surface area contributed by atoms with Gasteiger partial charge in [0.2, 0.25) is 11.8 Å². The molecule has 4 aliphatic rings. The van der Waals surface area contributed by atoms with Crippen LogP contribution in [0.3, 0.4) is 0 Å². The van der Waals surface area contributed by atoms with E-state index in [0.717, 1.165) is 6.42 Å². The van der Waals surface area contributed by atoms with E-state index in [9.17, 15) is 29.8 Å². The van der Waals surface area contributed by atoms with Crippen LogP contribution in [-0.4, -0.2) is 34.1 Å². The van der Waals surface area contributed by atoms with Crippen LogP contribution in [0.4, 0.5) is 11.8 Å². The quantitative estimate of drug-likeness (QED) is 0.315. The number of hydrazone groups is 2. The van der Waals surface area contributed by atoms with Crippen LogP contribution in [0.2, 0.25) is 0 Å². The first kappa shape index (κ1) is 23.4. The summed E-state index contributed by atoms with van der Waals surface area (Å²) in [6.07, 6.45) is 6.34. The number of nitrogens with zero attached hydrogens (tertiary/aromatic N) is 4. The van der Waals surface area contributed by atoms with Gasteiger partial charge in [-0.15, -0.1) is 0 Å². The van der Waals surface area contributed by atoms with Crippen molar-refractivity contribution in [2.45, 2.75) is 38.5 Å². The Labute approximate surface area is 203 Å². The summed E-state index contributed by atoms with van der Waals surface area (Å²) < 4.78 is 10.0. The zero-order valence-corrected chi connectivity index (χ0v) is 18.9. The molecule has 2 heterocycles. The summed E-state index contributed by atoms with van der Waals surface area (Å²) in [6, 6.07) is 5.14. The normalized spacial score (nSPS) is 28.6. The van der Waals surface area contributed by atoms with Gasteiger partial charge in [-0.05, 0) is 62.5 Å². The van der Waals surface area contributed by atoms with E-state index >= 15 is 0 Å². The van der Waals surface area contributed by atoms with Gasteiger partial charge in [0, 0.05) is 0 Å². The molecule has 4 aliphatic carbocycles. The van der Waals surface area contributed by atoms with E-state index in [-0.39, 0.29) is 35.2 Å². The van der Waals surface area contributed by atoms with E-state index in [1.165, 1.54) is 36.7 Å². The fraction of sp³-hybridized carbons (Fsp3) is 0.455. The third kappa shape index (κ3) is 4.25. The van der Waals surface area contributed by atoms with Gasteiger partial charge in [-0.3, -0.25) is 29.8 Å². The van der Waals surface area contributed by atoms with Gasteiger partial charge in [0.1, 0.15) is 9.85 Å². The zero-order chi connectivity index (χ0) is 25.5. The number of nitro groups is 2. The molecule has 0 aliphatic heterocycles. The molecule has 0 unspecified atom stereocenters. The lowest BCUT2D eigenvalue weighted by Crippen LogP contribution is -2.60. The lowest BCUT2D eigenvalue weighted by Gasteiger charge is -2.60. The minimum Gasteiger partial charge on any atom is -0.400 e. The van der Waals surface area contributed by atoms with Gasteiger partial charge in [0.25, 0.3) is 0 Å². The second-order valence-corrected chi connectivity index (χ2v) is 9.79. The highest BCUT2D eigenvalue weighted by molar-refractivity contribution is 5.89. The lowest BCUT2D eigenvalue weighted by molar-refractivity contribution is -0.402. The molecule has 6 rings (SSSR count). The average molecular weight is 498 g/mol. The maximum absolute atomic E-state index is 13.2. The first-order valence-electron chi connectivity index (χ1n) is 11.3. The molecule has 2 N–H and O–H groups in total. The predicted molar refractivity (Wildman–Crippen MR) is 122 cm³/mol. The average Bonchev–Trinajstić information content (AvgIpc) is 3.48. The van der Waals surface area contributed by atoms with Crippen molar-refractivity contribution in [2.75, 3.05) is 0 Å². The van der Waals surface area contributed by atoms with Crippen molar-refractivity contribution in [3.8, 4) is 0 Å². The molecule has 14 heteroatoms. The van der Waals surface area contributed by atoms with Gasteiger partial charge in [-0.25, -0.2) is 10.9 Å². The summed E-state index contributed by atoms with van der Waals surface area (Å²) in [5.41, 5.74) is 3.56. The summed E-state index contributed by atoms with van der Waals surface area (Å²) in [4.78, 5) is 46.6. The Morgan fingerprint density at radius 2 is 1.25 bits per heavy atom. The predicted octanol–water partition coefficient (Wildman–Crippen LogP) is 2.88. The highest BCUT2D eigenvalue weighted by Gasteiger charge is 2.63. The number of hydrogen-bond donors (Lipinski definition) is 2. The highest BCUT2D eigenvalue weighted by Crippen LogP contribution is 2.65. The van der Waals surface area contributed by atoms with Crippen molar-refractivity contribution in [3.63, 3.8) is 0 Å². The summed E-state index contributed by atoms with van der Waals surface area (Å²) in [7, 11) is 0. The van der Waals surface area contributed by atoms with E-state index in [4.69, 9.17) is 8.83 Å². The molecule has 0 spiro atoms. The molecule has 2 aromatic heterocycles. The second-order valence-electron chi connectivity index (χ2n) is 9.79. The van der Waals surface area contributed by atoms with E-state index in [1.54, 1.807) is 0 Å².